The van der Waals surface area contributed by atoms with Gasteiger partial charge in [0.25, 0.3) is 0 Å². The molecule has 1 aromatic heterocycles. The summed E-state index contributed by atoms with van der Waals surface area (Å²) in [6.45, 7) is 13.1. The highest BCUT2D eigenvalue weighted by Crippen LogP contribution is 2.35. The van der Waals surface area contributed by atoms with Crippen molar-refractivity contribution < 1.29 is 25.8 Å². The molecule has 3 rings (SSSR count). The molecular weight excluding hydrogens is 536 g/mol. The third-order valence-electron chi connectivity index (χ3n) is 6.73. The summed E-state index contributed by atoms with van der Waals surface area (Å²) in [5, 5.41) is 4.46. The number of allylic oxidation sites excluding steroid dienone is 2. The fourth-order valence-corrected chi connectivity index (χ4v) is 6.25. The summed E-state index contributed by atoms with van der Waals surface area (Å²) in [6.07, 6.45) is 2.65. The summed E-state index contributed by atoms with van der Waals surface area (Å²) < 4.78 is 58.8. The molecule has 0 N–H and O–H groups in total. The first-order valence-corrected chi connectivity index (χ1v) is 16.0. The summed E-state index contributed by atoms with van der Waals surface area (Å²) in [7, 11) is -7.86. The number of ketones is 1. The number of aromatic nitrogens is 2. The van der Waals surface area contributed by atoms with Crippen molar-refractivity contribution in [3.8, 4) is 5.88 Å². The number of hydrogen-bond donors (Lipinski definition) is 0. The van der Waals surface area contributed by atoms with Crippen LogP contribution in [-0.2, 0) is 26.5 Å². The standard InChI is InChI=1S/C29H36N2O6S2/c1-9-10-17-31-29(37-39(35,36)23-13-11-19(4)12-14-23)27(22(7)30-31)28(32)24-15-16-25(38(8,33)34)26(21(24)6)20(5)18(2)3/h11-16H,9-10,17H2,1-8H3. The minimum Gasteiger partial charge on any atom is -0.358 e. The molecule has 0 unspecified atom stereocenters. The molecule has 0 saturated heterocycles. The second kappa shape index (κ2) is 11.5. The lowest BCUT2D eigenvalue weighted by Gasteiger charge is -2.17. The Labute approximate surface area is 231 Å². The van der Waals surface area contributed by atoms with E-state index in [1.807, 2.05) is 34.6 Å². The number of aryl methyl sites for hydroxylation is 3. The highest BCUT2D eigenvalue weighted by molar-refractivity contribution is 7.90. The Bertz CT molecular complexity index is 1660. The van der Waals surface area contributed by atoms with Crippen LogP contribution in [0.15, 0.2) is 51.8 Å². The minimum atomic E-state index is -4.27. The molecule has 0 spiro atoms. The van der Waals surface area contributed by atoms with E-state index in [0.717, 1.165) is 29.4 Å². The molecule has 210 valence electrons. The molecule has 0 saturated carbocycles. The molecule has 10 heteroatoms. The van der Waals surface area contributed by atoms with Crippen LogP contribution in [0.2, 0.25) is 0 Å². The smallest absolute Gasteiger partial charge is 0.340 e. The maximum atomic E-state index is 14.1. The molecule has 1 heterocycles. The van der Waals surface area contributed by atoms with Crippen molar-refractivity contribution in [2.75, 3.05) is 6.26 Å². The van der Waals surface area contributed by atoms with E-state index in [2.05, 4.69) is 5.10 Å². The van der Waals surface area contributed by atoms with Crippen molar-refractivity contribution in [1.29, 1.82) is 0 Å². The van der Waals surface area contributed by atoms with Crippen molar-refractivity contribution in [1.82, 2.24) is 9.78 Å². The lowest BCUT2D eigenvalue weighted by atomic mass is 9.91. The van der Waals surface area contributed by atoms with Gasteiger partial charge in [0, 0.05) is 18.4 Å². The Hall–Kier alpha value is -3.24. The first-order chi connectivity index (χ1) is 18.1. The Balaban J connectivity index is 2.25. The molecule has 8 nitrogen and oxygen atoms in total. The topological polar surface area (TPSA) is 112 Å². The largest absolute Gasteiger partial charge is 0.358 e. The number of carbonyl (C=O) groups is 1. The van der Waals surface area contributed by atoms with Gasteiger partial charge in [0.1, 0.15) is 10.5 Å². The Morgan fingerprint density at radius 2 is 1.54 bits per heavy atom. The average molecular weight is 573 g/mol. The Morgan fingerprint density at radius 1 is 0.923 bits per heavy atom. The van der Waals surface area contributed by atoms with Crippen LogP contribution in [0, 0.1) is 20.8 Å². The SMILES string of the molecule is CCCCn1nc(C)c(C(=O)c2ccc(S(C)(=O)=O)c(C(C)=C(C)C)c2C)c1OS(=O)(=O)c1ccc(C)cc1. The molecule has 39 heavy (non-hydrogen) atoms. The van der Waals surface area contributed by atoms with Crippen molar-refractivity contribution in [3.05, 3.63) is 75.5 Å². The molecule has 0 bridgehead atoms. The molecule has 0 amide bonds. The molecule has 0 radical (unpaired) electrons. The van der Waals surface area contributed by atoms with Gasteiger partial charge in [0.2, 0.25) is 11.7 Å². The Kier molecular flexibility index (Phi) is 8.92. The van der Waals surface area contributed by atoms with Crippen LogP contribution in [0.3, 0.4) is 0 Å². The lowest BCUT2D eigenvalue weighted by Crippen LogP contribution is -2.16. The molecule has 0 fully saturated rings. The predicted molar refractivity (Wildman–Crippen MR) is 153 cm³/mol. The number of unbranched alkanes of at least 4 members (excludes halogenated alkanes) is 1. The van der Waals surface area contributed by atoms with Gasteiger partial charge in [0.05, 0.1) is 10.6 Å². The molecular formula is C29H36N2O6S2. The summed E-state index contributed by atoms with van der Waals surface area (Å²) in [6, 6.07) is 9.14. The number of sulfone groups is 1. The van der Waals surface area contributed by atoms with Crippen molar-refractivity contribution in [2.45, 2.75) is 77.6 Å². The molecule has 3 aromatic rings. The highest BCUT2D eigenvalue weighted by atomic mass is 32.2. The van der Waals surface area contributed by atoms with Gasteiger partial charge in [-0.2, -0.15) is 13.5 Å². The normalized spacial score (nSPS) is 11.9. The maximum Gasteiger partial charge on any atom is 0.340 e. The summed E-state index contributed by atoms with van der Waals surface area (Å²) in [4.78, 5) is 14.2. The third-order valence-corrected chi connectivity index (χ3v) is 9.09. The van der Waals surface area contributed by atoms with E-state index < -0.39 is 25.7 Å². The van der Waals surface area contributed by atoms with Crippen LogP contribution < -0.4 is 4.18 Å². The highest BCUT2D eigenvalue weighted by Gasteiger charge is 2.31. The second-order valence-electron chi connectivity index (χ2n) is 10.0. The van der Waals surface area contributed by atoms with E-state index in [4.69, 9.17) is 4.18 Å². The van der Waals surface area contributed by atoms with Crippen molar-refractivity contribution >= 4 is 31.3 Å². The summed E-state index contributed by atoms with van der Waals surface area (Å²) >= 11 is 0. The zero-order valence-corrected chi connectivity index (χ0v) is 25.4. The van der Waals surface area contributed by atoms with Gasteiger partial charge < -0.3 is 4.18 Å². The molecule has 0 aliphatic carbocycles. The number of hydrogen-bond acceptors (Lipinski definition) is 7. The third kappa shape index (κ3) is 6.33. The first-order valence-electron chi connectivity index (χ1n) is 12.7. The van der Waals surface area contributed by atoms with E-state index >= 15 is 0 Å². The number of rotatable bonds is 10. The molecule has 0 atom stereocenters. The van der Waals surface area contributed by atoms with E-state index in [0.29, 0.717) is 29.8 Å². The Morgan fingerprint density at radius 3 is 2.08 bits per heavy atom. The van der Waals surface area contributed by atoms with Gasteiger partial charge >= 0.3 is 10.1 Å². The minimum absolute atomic E-state index is 0.0257. The monoisotopic (exact) mass is 572 g/mol. The lowest BCUT2D eigenvalue weighted by molar-refractivity contribution is 0.103. The van der Waals surface area contributed by atoms with Crippen LogP contribution >= 0.6 is 0 Å². The van der Waals surface area contributed by atoms with E-state index in [1.165, 1.54) is 28.9 Å². The van der Waals surface area contributed by atoms with Gasteiger partial charge in [-0.3, -0.25) is 4.79 Å². The van der Waals surface area contributed by atoms with Crippen molar-refractivity contribution in [3.63, 3.8) is 0 Å². The summed E-state index contributed by atoms with van der Waals surface area (Å²) in [5.74, 6) is -0.650. The van der Waals surface area contributed by atoms with Crippen LogP contribution in [0.5, 0.6) is 5.88 Å². The van der Waals surface area contributed by atoms with E-state index in [-0.39, 0.29) is 26.8 Å². The fraction of sp³-hybridized carbons (Fsp3) is 0.379. The van der Waals surface area contributed by atoms with E-state index in [1.54, 1.807) is 26.0 Å². The second-order valence-corrected chi connectivity index (χ2v) is 13.6. The maximum absolute atomic E-state index is 14.1. The summed E-state index contributed by atoms with van der Waals surface area (Å²) in [5.41, 5.74) is 4.08. The number of benzene rings is 2. The van der Waals surface area contributed by atoms with Crippen molar-refractivity contribution in [2.24, 2.45) is 0 Å². The van der Waals surface area contributed by atoms with Crippen LogP contribution in [-0.4, -0.2) is 38.7 Å². The molecule has 0 aliphatic heterocycles. The molecule has 2 aromatic carbocycles. The van der Waals surface area contributed by atoms with Gasteiger partial charge in [-0.05, 0) is 88.9 Å². The van der Waals surface area contributed by atoms with Crippen LogP contribution in [0.25, 0.3) is 5.57 Å². The zero-order valence-electron chi connectivity index (χ0n) is 23.7. The molecule has 0 aliphatic rings. The van der Waals surface area contributed by atoms with Gasteiger partial charge in [0.15, 0.2) is 9.84 Å². The quantitative estimate of drug-likeness (QED) is 0.222. The van der Waals surface area contributed by atoms with E-state index in [9.17, 15) is 21.6 Å². The predicted octanol–water partition coefficient (Wildman–Crippen LogP) is 5.82. The number of carbonyl (C=O) groups excluding carboxylic acids is 1. The van der Waals surface area contributed by atoms with Crippen LogP contribution in [0.1, 0.15) is 78.8 Å². The number of nitrogens with zero attached hydrogens (tertiary/aromatic N) is 2. The van der Waals surface area contributed by atoms with Gasteiger partial charge in [-0.1, -0.05) is 36.6 Å². The first kappa shape index (κ1) is 30.3. The zero-order chi connectivity index (χ0) is 29.3. The average Bonchev–Trinajstić information content (AvgIpc) is 3.14. The van der Waals surface area contributed by atoms with Crippen LogP contribution in [0.4, 0.5) is 0 Å². The fourth-order valence-electron chi connectivity index (χ4n) is 4.32. The van der Waals surface area contributed by atoms with Gasteiger partial charge in [-0.15, -0.1) is 0 Å². The van der Waals surface area contributed by atoms with Gasteiger partial charge in [-0.25, -0.2) is 13.1 Å².